The number of para-hydroxylation sites is 1. The summed E-state index contributed by atoms with van der Waals surface area (Å²) in [6, 6.07) is 4.98. The van der Waals surface area contributed by atoms with Gasteiger partial charge in [-0.05, 0) is 19.1 Å². The van der Waals surface area contributed by atoms with Gasteiger partial charge in [0.2, 0.25) is 0 Å². The van der Waals surface area contributed by atoms with E-state index in [1.807, 2.05) is 24.6 Å². The van der Waals surface area contributed by atoms with Crippen molar-refractivity contribution >= 4 is 11.0 Å². The number of halogens is 1. The average molecular weight is 208 g/mol. The lowest BCUT2D eigenvalue weighted by Crippen LogP contribution is -1.89. The monoisotopic (exact) mass is 208 g/mol. The van der Waals surface area contributed by atoms with E-state index in [0.717, 1.165) is 11.3 Å². The van der Waals surface area contributed by atoms with E-state index in [0.29, 0.717) is 5.52 Å². The Hall–Kier alpha value is -1.38. The van der Waals surface area contributed by atoms with Gasteiger partial charge in [-0.1, -0.05) is 26.3 Å². The molecule has 1 heterocycles. The van der Waals surface area contributed by atoms with Gasteiger partial charge in [-0.3, -0.25) is 0 Å². The van der Waals surface area contributed by atoms with Crippen LogP contribution >= 0.6 is 0 Å². The third kappa shape index (κ3) is 2.35. The van der Waals surface area contributed by atoms with Gasteiger partial charge in [-0.15, -0.1) is 0 Å². The molecular formula is C12H17FN2. The number of benzene rings is 1. The Balaban J connectivity index is 0.000000337. The summed E-state index contributed by atoms with van der Waals surface area (Å²) in [6.45, 7) is 6.11. The van der Waals surface area contributed by atoms with Gasteiger partial charge in [-0.2, -0.15) is 0 Å². The maximum atomic E-state index is 13.1. The normalized spacial score (nSPS) is 9.93. The first-order valence-electron chi connectivity index (χ1n) is 5.19. The summed E-state index contributed by atoms with van der Waals surface area (Å²) in [5.74, 6) is 0.575. The molecule has 0 fully saturated rings. The molecule has 0 saturated heterocycles. The molecule has 1 aromatic heterocycles. The molecule has 0 aliphatic carbocycles. The first kappa shape index (κ1) is 11.7. The van der Waals surface area contributed by atoms with Crippen LogP contribution in [0.5, 0.6) is 0 Å². The minimum absolute atomic E-state index is 0.254. The second kappa shape index (κ2) is 4.91. The summed E-state index contributed by atoms with van der Waals surface area (Å²) in [6.07, 6.45) is 1.25. The summed E-state index contributed by atoms with van der Waals surface area (Å²) < 4.78 is 15.0. The van der Waals surface area contributed by atoms with E-state index < -0.39 is 0 Å². The average Bonchev–Trinajstić information content (AvgIpc) is 2.48. The lowest BCUT2D eigenvalue weighted by molar-refractivity contribution is 0.637. The summed E-state index contributed by atoms with van der Waals surface area (Å²) in [7, 11) is 1.88. The van der Waals surface area contributed by atoms with Gasteiger partial charge in [-0.25, -0.2) is 9.37 Å². The maximum absolute atomic E-state index is 13.1. The largest absolute Gasteiger partial charge is 0.331 e. The molecule has 0 saturated carbocycles. The minimum Gasteiger partial charge on any atom is -0.331 e. The number of fused-ring (bicyclic) bond motifs is 1. The smallest absolute Gasteiger partial charge is 0.151 e. The highest BCUT2D eigenvalue weighted by atomic mass is 19.1. The first-order valence-corrected chi connectivity index (χ1v) is 5.19. The van der Waals surface area contributed by atoms with Gasteiger partial charge >= 0.3 is 0 Å². The van der Waals surface area contributed by atoms with Gasteiger partial charge in [0.1, 0.15) is 11.3 Å². The van der Waals surface area contributed by atoms with Crippen LogP contribution in [0.25, 0.3) is 11.0 Å². The fourth-order valence-corrected chi connectivity index (χ4v) is 1.30. The molecule has 0 N–H and O–H groups in total. The Kier molecular flexibility index (Phi) is 3.83. The molecule has 0 amide bonds. The van der Waals surface area contributed by atoms with E-state index in [1.165, 1.54) is 12.5 Å². The van der Waals surface area contributed by atoms with Crippen LogP contribution in [-0.4, -0.2) is 9.55 Å². The van der Waals surface area contributed by atoms with Crippen LogP contribution in [0.1, 0.15) is 26.1 Å². The fourth-order valence-electron chi connectivity index (χ4n) is 1.30. The number of nitrogens with zero attached hydrogens (tertiary/aromatic N) is 2. The molecule has 3 heteroatoms. The second-order valence-electron chi connectivity index (χ2n) is 3.53. The quantitative estimate of drug-likeness (QED) is 0.648. The van der Waals surface area contributed by atoms with Crippen molar-refractivity contribution in [1.29, 1.82) is 0 Å². The number of aromatic nitrogens is 2. The van der Waals surface area contributed by atoms with Gasteiger partial charge in [0.25, 0.3) is 0 Å². The van der Waals surface area contributed by atoms with Crippen molar-refractivity contribution < 1.29 is 4.39 Å². The number of rotatable bonds is 0. The summed E-state index contributed by atoms with van der Waals surface area (Å²) >= 11 is 0. The van der Waals surface area contributed by atoms with Crippen molar-refractivity contribution in [2.24, 2.45) is 7.05 Å². The Morgan fingerprint density at radius 2 is 1.93 bits per heavy atom. The van der Waals surface area contributed by atoms with Crippen molar-refractivity contribution in [1.82, 2.24) is 9.55 Å². The van der Waals surface area contributed by atoms with Crippen molar-refractivity contribution in [3.8, 4) is 0 Å². The first-order chi connectivity index (χ1) is 7.11. The third-order valence-electron chi connectivity index (χ3n) is 2.09. The molecule has 2 nitrogen and oxygen atoms in total. The number of imidazole rings is 1. The zero-order valence-electron chi connectivity index (χ0n) is 9.71. The van der Waals surface area contributed by atoms with Crippen LogP contribution in [0.3, 0.4) is 0 Å². The molecule has 0 bridgehead atoms. The van der Waals surface area contributed by atoms with Crippen molar-refractivity contribution in [3.05, 3.63) is 29.8 Å². The van der Waals surface area contributed by atoms with Crippen LogP contribution in [0.4, 0.5) is 4.39 Å². The molecule has 2 rings (SSSR count). The van der Waals surface area contributed by atoms with Crippen LogP contribution < -0.4 is 0 Å². The molecule has 2 aromatic rings. The van der Waals surface area contributed by atoms with E-state index in [1.54, 1.807) is 6.07 Å². The van der Waals surface area contributed by atoms with Crippen LogP contribution in [-0.2, 0) is 7.05 Å². The SMILES string of the molecule is CCC.Cc1nc2c(F)cccc2n1C. The molecule has 1 aromatic carbocycles. The van der Waals surface area contributed by atoms with E-state index in [9.17, 15) is 4.39 Å². The van der Waals surface area contributed by atoms with E-state index in [2.05, 4.69) is 18.8 Å². The Morgan fingerprint density at radius 3 is 2.47 bits per heavy atom. The lowest BCUT2D eigenvalue weighted by Gasteiger charge is -1.94. The van der Waals surface area contributed by atoms with Gasteiger partial charge in [0.05, 0.1) is 5.52 Å². The van der Waals surface area contributed by atoms with Crippen LogP contribution in [0.15, 0.2) is 18.2 Å². The van der Waals surface area contributed by atoms with Gasteiger partial charge < -0.3 is 4.57 Å². The predicted molar refractivity (Wildman–Crippen MR) is 61.4 cm³/mol. The highest BCUT2D eigenvalue weighted by Gasteiger charge is 2.06. The fraction of sp³-hybridized carbons (Fsp3) is 0.417. The van der Waals surface area contributed by atoms with E-state index in [-0.39, 0.29) is 5.82 Å². The molecule has 0 spiro atoms. The summed E-state index contributed by atoms with van der Waals surface area (Å²) in [5, 5.41) is 0. The van der Waals surface area contributed by atoms with Crippen molar-refractivity contribution in [2.45, 2.75) is 27.2 Å². The highest BCUT2D eigenvalue weighted by Crippen LogP contribution is 2.16. The van der Waals surface area contributed by atoms with Crippen LogP contribution in [0.2, 0.25) is 0 Å². The lowest BCUT2D eigenvalue weighted by atomic mass is 10.3. The Labute approximate surface area is 89.7 Å². The molecule has 0 radical (unpaired) electrons. The zero-order valence-corrected chi connectivity index (χ0v) is 9.71. The van der Waals surface area contributed by atoms with Crippen molar-refractivity contribution in [2.75, 3.05) is 0 Å². The number of aryl methyl sites for hydroxylation is 2. The molecule has 82 valence electrons. The van der Waals surface area contributed by atoms with E-state index >= 15 is 0 Å². The number of hydrogen-bond donors (Lipinski definition) is 0. The molecule has 0 unspecified atom stereocenters. The second-order valence-corrected chi connectivity index (χ2v) is 3.53. The number of hydrogen-bond acceptors (Lipinski definition) is 1. The molecule has 0 aliphatic rings. The maximum Gasteiger partial charge on any atom is 0.151 e. The van der Waals surface area contributed by atoms with Gasteiger partial charge in [0, 0.05) is 7.05 Å². The predicted octanol–water partition coefficient (Wildman–Crippen LogP) is 3.44. The molecular weight excluding hydrogens is 191 g/mol. The Morgan fingerprint density at radius 1 is 1.33 bits per heavy atom. The van der Waals surface area contributed by atoms with Crippen molar-refractivity contribution in [3.63, 3.8) is 0 Å². The van der Waals surface area contributed by atoms with Crippen LogP contribution in [0, 0.1) is 12.7 Å². The third-order valence-corrected chi connectivity index (χ3v) is 2.09. The van der Waals surface area contributed by atoms with E-state index in [4.69, 9.17) is 0 Å². The molecule has 0 atom stereocenters. The summed E-state index contributed by atoms with van der Waals surface area (Å²) in [4.78, 5) is 4.10. The topological polar surface area (TPSA) is 17.8 Å². The van der Waals surface area contributed by atoms with Gasteiger partial charge in [0.15, 0.2) is 5.82 Å². The summed E-state index contributed by atoms with van der Waals surface area (Å²) in [5.41, 5.74) is 1.30. The highest BCUT2D eigenvalue weighted by molar-refractivity contribution is 5.76. The zero-order chi connectivity index (χ0) is 11.4. The minimum atomic E-state index is -0.254. The molecule has 15 heavy (non-hydrogen) atoms. The molecule has 0 aliphatic heterocycles. The Bertz CT molecular complexity index is 446. The standard InChI is InChI=1S/C9H9FN2.C3H8/c1-6-11-9-7(10)4-3-5-8(9)12(6)2;1-3-2/h3-5H,1-2H3;3H2,1-2H3.